The Morgan fingerprint density at radius 1 is 1.16 bits per heavy atom. The number of aryl methyl sites for hydroxylation is 1. The second-order valence-corrected chi connectivity index (χ2v) is 5.71. The van der Waals surface area contributed by atoms with Gasteiger partial charge in [0.05, 0.1) is 6.04 Å². The van der Waals surface area contributed by atoms with Gasteiger partial charge in [-0.15, -0.1) is 0 Å². The van der Waals surface area contributed by atoms with Crippen molar-refractivity contribution >= 4 is 11.6 Å². The van der Waals surface area contributed by atoms with Gasteiger partial charge in [0.2, 0.25) is 5.91 Å². The molecular weight excluding hydrogens is 236 g/mol. The van der Waals surface area contributed by atoms with Gasteiger partial charge in [-0.3, -0.25) is 9.69 Å². The molecule has 0 aliphatic carbocycles. The molecule has 1 saturated heterocycles. The summed E-state index contributed by atoms with van der Waals surface area (Å²) in [5.41, 5.74) is 2.46. The molecule has 0 radical (unpaired) electrons. The van der Waals surface area contributed by atoms with Crippen LogP contribution in [0.25, 0.3) is 0 Å². The Labute approximate surface area is 115 Å². The van der Waals surface area contributed by atoms with Crippen molar-refractivity contribution in [2.75, 3.05) is 25.0 Å². The Morgan fingerprint density at radius 3 is 2.84 bits per heavy atom. The number of likely N-dealkylation sites (N-methyl/N-ethyl adjacent to an activating group) is 1. The first-order chi connectivity index (χ1) is 9.27. The summed E-state index contributed by atoms with van der Waals surface area (Å²) in [4.78, 5) is 17.1. The number of likely N-dealkylation sites (tertiary alicyclic amines) is 1. The second-order valence-electron chi connectivity index (χ2n) is 5.71. The van der Waals surface area contributed by atoms with E-state index in [0.717, 1.165) is 38.0 Å². The number of fused-ring (bicyclic) bond motifs is 1. The van der Waals surface area contributed by atoms with Crippen LogP contribution in [0.15, 0.2) is 24.3 Å². The number of anilines is 1. The highest BCUT2D eigenvalue weighted by molar-refractivity contribution is 5.98. The molecule has 1 aromatic rings. The number of rotatable bonds is 1. The average Bonchev–Trinajstić information content (AvgIpc) is 2.46. The fourth-order valence-corrected chi connectivity index (χ4v) is 3.33. The molecule has 0 N–H and O–H groups in total. The van der Waals surface area contributed by atoms with Crippen LogP contribution in [0.2, 0.25) is 0 Å². The number of carbonyl (C=O) groups is 1. The minimum atomic E-state index is 0.0832. The van der Waals surface area contributed by atoms with Gasteiger partial charge in [-0.2, -0.15) is 0 Å². The Morgan fingerprint density at radius 2 is 2.00 bits per heavy atom. The zero-order chi connectivity index (χ0) is 13.2. The number of hydrogen-bond acceptors (Lipinski definition) is 2. The maximum atomic E-state index is 12.8. The Hall–Kier alpha value is -1.35. The van der Waals surface area contributed by atoms with Crippen molar-refractivity contribution in [3.8, 4) is 0 Å². The molecular formula is C16H22N2O. The number of carbonyl (C=O) groups excluding carboxylic acids is 1. The number of piperidine rings is 1. The van der Waals surface area contributed by atoms with Crippen LogP contribution >= 0.6 is 0 Å². The highest BCUT2D eigenvalue weighted by atomic mass is 16.2. The van der Waals surface area contributed by atoms with E-state index in [4.69, 9.17) is 0 Å². The molecule has 2 aliphatic heterocycles. The van der Waals surface area contributed by atoms with Crippen molar-refractivity contribution in [1.29, 1.82) is 0 Å². The Bertz CT molecular complexity index is 472. The number of benzene rings is 1. The Balaban J connectivity index is 1.84. The van der Waals surface area contributed by atoms with Gasteiger partial charge in [0.1, 0.15) is 0 Å². The van der Waals surface area contributed by atoms with E-state index in [1.807, 2.05) is 11.0 Å². The summed E-state index contributed by atoms with van der Waals surface area (Å²) in [7, 11) is 2.08. The minimum Gasteiger partial charge on any atom is -0.311 e. The first kappa shape index (κ1) is 12.7. The summed E-state index contributed by atoms with van der Waals surface area (Å²) >= 11 is 0. The van der Waals surface area contributed by atoms with E-state index >= 15 is 0 Å². The predicted molar refractivity (Wildman–Crippen MR) is 77.4 cm³/mol. The largest absolute Gasteiger partial charge is 0.311 e. The van der Waals surface area contributed by atoms with Crippen molar-refractivity contribution in [2.45, 2.75) is 38.1 Å². The molecule has 2 heterocycles. The zero-order valence-electron chi connectivity index (χ0n) is 11.6. The van der Waals surface area contributed by atoms with Gasteiger partial charge in [0.15, 0.2) is 0 Å². The van der Waals surface area contributed by atoms with Gasteiger partial charge in [-0.25, -0.2) is 0 Å². The van der Waals surface area contributed by atoms with E-state index in [1.54, 1.807) is 0 Å². The van der Waals surface area contributed by atoms with Crippen molar-refractivity contribution < 1.29 is 4.79 Å². The molecule has 0 spiro atoms. The van der Waals surface area contributed by atoms with Crippen LogP contribution in [-0.2, 0) is 11.2 Å². The standard InChI is InChI=1S/C16H22N2O/c1-17-11-5-4-10-15(17)16(19)18-12-6-8-13-7-2-3-9-14(13)18/h2-3,7,9,15H,4-6,8,10-12H2,1H3. The van der Waals surface area contributed by atoms with E-state index in [1.165, 1.54) is 18.4 Å². The molecule has 3 nitrogen and oxygen atoms in total. The van der Waals surface area contributed by atoms with Crippen LogP contribution in [0, 0.1) is 0 Å². The number of para-hydroxylation sites is 1. The molecule has 102 valence electrons. The van der Waals surface area contributed by atoms with Crippen LogP contribution in [0.5, 0.6) is 0 Å². The van der Waals surface area contributed by atoms with Crippen molar-refractivity contribution in [2.24, 2.45) is 0 Å². The van der Waals surface area contributed by atoms with Gasteiger partial charge in [-0.1, -0.05) is 24.6 Å². The molecule has 3 rings (SSSR count). The van der Waals surface area contributed by atoms with Crippen molar-refractivity contribution in [3.63, 3.8) is 0 Å². The van der Waals surface area contributed by atoms with E-state index in [9.17, 15) is 4.79 Å². The van der Waals surface area contributed by atoms with E-state index < -0.39 is 0 Å². The molecule has 0 bridgehead atoms. The van der Waals surface area contributed by atoms with E-state index in [-0.39, 0.29) is 6.04 Å². The topological polar surface area (TPSA) is 23.6 Å². The van der Waals surface area contributed by atoms with Crippen molar-refractivity contribution in [1.82, 2.24) is 4.90 Å². The molecule has 1 aromatic carbocycles. The SMILES string of the molecule is CN1CCCCC1C(=O)N1CCCc2ccccc21. The molecule has 19 heavy (non-hydrogen) atoms. The molecule has 1 atom stereocenters. The molecule has 1 amide bonds. The lowest BCUT2D eigenvalue weighted by atomic mass is 9.97. The van der Waals surface area contributed by atoms with Gasteiger partial charge in [-0.05, 0) is 50.9 Å². The molecule has 0 aromatic heterocycles. The highest BCUT2D eigenvalue weighted by Gasteiger charge is 2.32. The monoisotopic (exact) mass is 258 g/mol. The summed E-state index contributed by atoms with van der Waals surface area (Å²) in [6, 6.07) is 8.43. The Kier molecular flexibility index (Phi) is 3.56. The van der Waals surface area contributed by atoms with E-state index in [0.29, 0.717) is 5.91 Å². The lowest BCUT2D eigenvalue weighted by molar-refractivity contribution is -0.124. The van der Waals surface area contributed by atoms with Crippen LogP contribution < -0.4 is 4.90 Å². The first-order valence-corrected chi connectivity index (χ1v) is 7.37. The maximum Gasteiger partial charge on any atom is 0.244 e. The van der Waals surface area contributed by atoms with Gasteiger partial charge >= 0.3 is 0 Å². The average molecular weight is 258 g/mol. The number of nitrogens with zero attached hydrogens (tertiary/aromatic N) is 2. The summed E-state index contributed by atoms with van der Waals surface area (Å²) < 4.78 is 0. The summed E-state index contributed by atoms with van der Waals surface area (Å²) in [6.07, 6.45) is 5.58. The van der Waals surface area contributed by atoms with Gasteiger partial charge < -0.3 is 4.90 Å². The molecule has 0 saturated carbocycles. The lowest BCUT2D eigenvalue weighted by Gasteiger charge is -2.37. The maximum absolute atomic E-state index is 12.8. The summed E-state index contributed by atoms with van der Waals surface area (Å²) in [5, 5.41) is 0. The third kappa shape index (κ3) is 2.39. The minimum absolute atomic E-state index is 0.0832. The van der Waals surface area contributed by atoms with E-state index in [2.05, 4.69) is 30.1 Å². The van der Waals surface area contributed by atoms with Gasteiger partial charge in [0.25, 0.3) is 0 Å². The molecule has 1 fully saturated rings. The smallest absolute Gasteiger partial charge is 0.244 e. The number of amides is 1. The van der Waals surface area contributed by atoms with Crippen molar-refractivity contribution in [3.05, 3.63) is 29.8 Å². The van der Waals surface area contributed by atoms with Gasteiger partial charge in [0, 0.05) is 12.2 Å². The normalized spacial score (nSPS) is 24.1. The zero-order valence-corrected chi connectivity index (χ0v) is 11.6. The third-order valence-electron chi connectivity index (χ3n) is 4.43. The molecule has 1 unspecified atom stereocenters. The summed E-state index contributed by atoms with van der Waals surface area (Å²) in [6.45, 7) is 1.92. The first-order valence-electron chi connectivity index (χ1n) is 7.37. The quantitative estimate of drug-likeness (QED) is 0.772. The fraction of sp³-hybridized carbons (Fsp3) is 0.562. The number of hydrogen-bond donors (Lipinski definition) is 0. The lowest BCUT2D eigenvalue weighted by Crippen LogP contribution is -2.50. The van der Waals surface area contributed by atoms with Crippen LogP contribution in [-0.4, -0.2) is 37.0 Å². The fourth-order valence-electron chi connectivity index (χ4n) is 3.33. The van der Waals surface area contributed by atoms with Crippen LogP contribution in [0.1, 0.15) is 31.2 Å². The molecule has 3 heteroatoms. The second kappa shape index (κ2) is 5.33. The van der Waals surface area contributed by atoms with Crippen LogP contribution in [0.4, 0.5) is 5.69 Å². The molecule has 2 aliphatic rings. The third-order valence-corrected chi connectivity index (χ3v) is 4.43. The highest BCUT2D eigenvalue weighted by Crippen LogP contribution is 2.29. The summed E-state index contributed by atoms with van der Waals surface area (Å²) in [5.74, 6) is 0.300. The predicted octanol–water partition coefficient (Wildman–Crippen LogP) is 2.45. The van der Waals surface area contributed by atoms with Crippen LogP contribution in [0.3, 0.4) is 0 Å².